The summed E-state index contributed by atoms with van der Waals surface area (Å²) in [6.07, 6.45) is 3.50. The first kappa shape index (κ1) is 31.8. The fourth-order valence-electron chi connectivity index (χ4n) is 4.21. The van der Waals surface area contributed by atoms with Crippen molar-refractivity contribution in [1.82, 2.24) is 0 Å². The van der Waals surface area contributed by atoms with E-state index in [-0.39, 0.29) is 11.7 Å². The molecule has 4 aromatic rings. The Hall–Kier alpha value is -4.16. The summed E-state index contributed by atoms with van der Waals surface area (Å²) in [6, 6.07) is 28.7. The third-order valence-electron chi connectivity index (χ3n) is 6.34. The van der Waals surface area contributed by atoms with Crippen molar-refractivity contribution < 1.29 is 24.2 Å². The van der Waals surface area contributed by atoms with Gasteiger partial charge in [-0.3, -0.25) is 10.1 Å². The zero-order valence-corrected chi connectivity index (χ0v) is 26.4. The number of nitrogens with two attached hydrogens (primary N) is 1. The van der Waals surface area contributed by atoms with Crippen LogP contribution in [0.3, 0.4) is 0 Å². The number of carbonyl (C=O) groups excluding carboxylic acids is 2. The standard InChI is InChI=1S/C33H32IN3O5S/c1-43-25-18-16-23(17-19-25)36-33(40)42-32(26-21-22(34)15-20-29(26)38)30(41-24-9-3-2-4-10-24)13-7-8-14-31(39)37-28-12-6-5-11-27(28)35/h2-6,8-12,14-21,30,32,38H,7,13,35H2,1H3,(H,36,40)(H,37,39)/b14-8+/t30-,32-/m0/s1. The van der Waals surface area contributed by atoms with Gasteiger partial charge in [0.1, 0.15) is 17.6 Å². The highest BCUT2D eigenvalue weighted by molar-refractivity contribution is 14.1. The van der Waals surface area contributed by atoms with Crippen LogP contribution in [0.2, 0.25) is 0 Å². The molecule has 0 aromatic heterocycles. The summed E-state index contributed by atoms with van der Waals surface area (Å²) in [7, 11) is 0. The molecule has 4 aromatic carbocycles. The second-order valence-electron chi connectivity index (χ2n) is 9.41. The molecular weight excluding hydrogens is 677 g/mol. The number of ether oxygens (including phenoxy) is 2. The lowest BCUT2D eigenvalue weighted by Gasteiger charge is -2.28. The molecule has 0 aliphatic rings. The number of para-hydroxylation sites is 3. The molecule has 0 unspecified atom stereocenters. The van der Waals surface area contributed by atoms with E-state index >= 15 is 0 Å². The number of halogens is 1. The van der Waals surface area contributed by atoms with Crippen molar-refractivity contribution in [3.63, 3.8) is 0 Å². The van der Waals surface area contributed by atoms with Gasteiger partial charge in [0.05, 0.1) is 11.4 Å². The Kier molecular flexibility index (Phi) is 11.7. The SMILES string of the molecule is CSc1ccc(NC(=O)O[C@@H](c2cc(I)ccc2O)[C@H](CC/C=C/C(=O)Nc2ccccc2N)Oc2ccccc2)cc1. The maximum atomic E-state index is 13.2. The molecule has 4 rings (SSSR count). The van der Waals surface area contributed by atoms with Crippen molar-refractivity contribution >= 4 is 63.4 Å². The van der Waals surface area contributed by atoms with Crippen molar-refractivity contribution in [2.75, 3.05) is 22.6 Å². The van der Waals surface area contributed by atoms with E-state index in [9.17, 15) is 14.7 Å². The predicted molar refractivity (Wildman–Crippen MR) is 181 cm³/mol. The lowest BCUT2D eigenvalue weighted by molar-refractivity contribution is -0.111. The largest absolute Gasteiger partial charge is 0.508 e. The quantitative estimate of drug-likeness (QED) is 0.0509. The highest BCUT2D eigenvalue weighted by Gasteiger charge is 2.31. The van der Waals surface area contributed by atoms with Gasteiger partial charge in [0.2, 0.25) is 5.91 Å². The number of aromatic hydroxyl groups is 1. The third-order valence-corrected chi connectivity index (χ3v) is 7.76. The minimum atomic E-state index is -0.980. The number of benzene rings is 4. The molecule has 0 bridgehead atoms. The highest BCUT2D eigenvalue weighted by atomic mass is 127. The predicted octanol–water partition coefficient (Wildman–Crippen LogP) is 8.01. The van der Waals surface area contributed by atoms with Crippen LogP contribution in [0.1, 0.15) is 24.5 Å². The molecule has 0 aliphatic heterocycles. The van der Waals surface area contributed by atoms with Crippen molar-refractivity contribution in [3.8, 4) is 11.5 Å². The summed E-state index contributed by atoms with van der Waals surface area (Å²) in [5.41, 5.74) is 7.90. The molecule has 43 heavy (non-hydrogen) atoms. The number of carbonyl (C=O) groups is 2. The van der Waals surface area contributed by atoms with Crippen molar-refractivity contribution in [2.24, 2.45) is 0 Å². The molecular formula is C33H32IN3O5S. The number of hydrogen-bond acceptors (Lipinski definition) is 7. The zero-order valence-electron chi connectivity index (χ0n) is 23.4. The fraction of sp³-hybridized carbons (Fsp3) is 0.152. The second kappa shape index (κ2) is 15.9. The van der Waals surface area contributed by atoms with E-state index in [2.05, 4.69) is 33.2 Å². The molecule has 0 heterocycles. The number of hydrogen-bond donors (Lipinski definition) is 4. The number of allylic oxidation sites excluding steroid dienone is 1. The van der Waals surface area contributed by atoms with Gasteiger partial charge in [-0.25, -0.2) is 4.79 Å². The smallest absolute Gasteiger partial charge is 0.412 e. The molecule has 0 aliphatic carbocycles. The van der Waals surface area contributed by atoms with Gasteiger partial charge in [-0.2, -0.15) is 0 Å². The number of nitrogen functional groups attached to an aromatic ring is 1. The number of amides is 2. The molecule has 0 saturated carbocycles. The topological polar surface area (TPSA) is 123 Å². The summed E-state index contributed by atoms with van der Waals surface area (Å²) in [6.45, 7) is 0. The van der Waals surface area contributed by atoms with Crippen LogP contribution in [0, 0.1) is 3.57 Å². The van der Waals surface area contributed by atoms with Gasteiger partial charge < -0.3 is 25.6 Å². The Morgan fingerprint density at radius 1 is 0.977 bits per heavy atom. The molecule has 222 valence electrons. The Balaban J connectivity index is 1.56. The van der Waals surface area contributed by atoms with Crippen LogP contribution in [-0.2, 0) is 9.53 Å². The first-order valence-electron chi connectivity index (χ1n) is 13.5. The normalized spacial score (nSPS) is 12.3. The van der Waals surface area contributed by atoms with Crippen LogP contribution in [0.4, 0.5) is 21.9 Å². The molecule has 10 heteroatoms. The second-order valence-corrected chi connectivity index (χ2v) is 11.5. The van der Waals surface area contributed by atoms with Gasteiger partial charge in [0.25, 0.3) is 0 Å². The minimum Gasteiger partial charge on any atom is -0.508 e. The van der Waals surface area contributed by atoms with Crippen LogP contribution in [0.25, 0.3) is 0 Å². The molecule has 2 atom stereocenters. The average Bonchev–Trinajstić information content (AvgIpc) is 3.01. The van der Waals surface area contributed by atoms with Gasteiger partial charge in [0, 0.05) is 19.7 Å². The number of nitrogens with one attached hydrogen (secondary N) is 2. The first-order valence-corrected chi connectivity index (χ1v) is 15.8. The zero-order chi connectivity index (χ0) is 30.6. The maximum Gasteiger partial charge on any atom is 0.412 e. The lowest BCUT2D eigenvalue weighted by Crippen LogP contribution is -2.31. The third kappa shape index (κ3) is 9.69. The van der Waals surface area contributed by atoms with Gasteiger partial charge in [-0.05, 0) is 114 Å². The lowest BCUT2D eigenvalue weighted by atomic mass is 9.99. The van der Waals surface area contributed by atoms with Gasteiger partial charge in [0.15, 0.2) is 6.10 Å². The molecule has 5 N–H and O–H groups in total. The summed E-state index contributed by atoms with van der Waals surface area (Å²) >= 11 is 3.74. The van der Waals surface area contributed by atoms with Crippen molar-refractivity contribution in [1.29, 1.82) is 0 Å². The Morgan fingerprint density at radius 2 is 1.70 bits per heavy atom. The Morgan fingerprint density at radius 3 is 2.42 bits per heavy atom. The molecule has 8 nitrogen and oxygen atoms in total. The monoisotopic (exact) mass is 709 g/mol. The summed E-state index contributed by atoms with van der Waals surface area (Å²) in [5, 5.41) is 16.4. The molecule has 0 saturated heterocycles. The average molecular weight is 710 g/mol. The number of phenolic OH excluding ortho intramolecular Hbond substituents is 1. The Labute approximate surface area is 268 Å². The fourth-order valence-corrected chi connectivity index (χ4v) is 5.14. The molecule has 2 amide bonds. The molecule has 0 fully saturated rings. The van der Waals surface area contributed by atoms with Crippen LogP contribution in [0.5, 0.6) is 11.5 Å². The van der Waals surface area contributed by atoms with Crippen LogP contribution in [-0.4, -0.2) is 29.5 Å². The number of thioether (sulfide) groups is 1. The van der Waals surface area contributed by atoms with E-state index in [1.807, 2.05) is 36.6 Å². The van der Waals surface area contributed by atoms with E-state index < -0.39 is 18.3 Å². The van der Waals surface area contributed by atoms with Gasteiger partial charge >= 0.3 is 6.09 Å². The summed E-state index contributed by atoms with van der Waals surface area (Å²) < 4.78 is 13.2. The minimum absolute atomic E-state index is 0.0282. The maximum absolute atomic E-state index is 13.2. The van der Waals surface area contributed by atoms with E-state index in [0.717, 1.165) is 8.47 Å². The van der Waals surface area contributed by atoms with E-state index in [0.29, 0.717) is 41.2 Å². The number of anilines is 3. The van der Waals surface area contributed by atoms with Gasteiger partial charge in [-0.15, -0.1) is 11.8 Å². The molecule has 0 spiro atoms. The molecule has 0 radical (unpaired) electrons. The van der Waals surface area contributed by atoms with Gasteiger partial charge in [-0.1, -0.05) is 36.4 Å². The van der Waals surface area contributed by atoms with E-state index in [1.54, 1.807) is 84.6 Å². The highest BCUT2D eigenvalue weighted by Crippen LogP contribution is 2.35. The number of phenols is 1. The number of rotatable bonds is 12. The first-order chi connectivity index (χ1) is 20.8. The Bertz CT molecular complexity index is 1550. The van der Waals surface area contributed by atoms with Crippen molar-refractivity contribution in [3.05, 3.63) is 118 Å². The van der Waals surface area contributed by atoms with Crippen LogP contribution >= 0.6 is 34.4 Å². The van der Waals surface area contributed by atoms with E-state index in [4.69, 9.17) is 15.2 Å². The van der Waals surface area contributed by atoms with E-state index in [1.165, 1.54) is 6.08 Å². The van der Waals surface area contributed by atoms with Crippen molar-refractivity contribution in [2.45, 2.75) is 29.9 Å². The van der Waals surface area contributed by atoms with Crippen LogP contribution < -0.4 is 21.1 Å². The summed E-state index contributed by atoms with van der Waals surface area (Å²) in [4.78, 5) is 26.7. The summed E-state index contributed by atoms with van der Waals surface area (Å²) in [5.74, 6) is 0.216. The van der Waals surface area contributed by atoms with Crippen LogP contribution in [0.15, 0.2) is 114 Å².